The van der Waals surface area contributed by atoms with Crippen molar-refractivity contribution in [3.63, 3.8) is 0 Å². The molecule has 1 N–H and O–H groups in total. The van der Waals surface area contributed by atoms with Gasteiger partial charge in [0, 0.05) is 19.6 Å². The highest BCUT2D eigenvalue weighted by Crippen LogP contribution is 2.21. The van der Waals surface area contributed by atoms with Gasteiger partial charge in [0.05, 0.1) is 24.2 Å². The first kappa shape index (κ1) is 19.0. The van der Waals surface area contributed by atoms with E-state index in [9.17, 15) is 8.42 Å². The number of benzene rings is 2. The van der Waals surface area contributed by atoms with Crippen molar-refractivity contribution >= 4 is 10.0 Å². The van der Waals surface area contributed by atoms with Crippen molar-refractivity contribution in [3.8, 4) is 0 Å². The van der Waals surface area contributed by atoms with E-state index in [-0.39, 0.29) is 6.04 Å². The Labute approximate surface area is 156 Å². The van der Waals surface area contributed by atoms with Crippen molar-refractivity contribution in [1.82, 2.24) is 9.62 Å². The summed E-state index contributed by atoms with van der Waals surface area (Å²) >= 11 is 0. The minimum Gasteiger partial charge on any atom is -0.379 e. The van der Waals surface area contributed by atoms with Crippen LogP contribution >= 0.6 is 0 Å². The number of nitrogens with zero attached hydrogens (tertiary/aromatic N) is 1. The Morgan fingerprint density at radius 2 is 1.73 bits per heavy atom. The maximum absolute atomic E-state index is 13.0. The van der Waals surface area contributed by atoms with Crippen LogP contribution in [0.25, 0.3) is 0 Å². The Hall–Kier alpha value is -1.73. The summed E-state index contributed by atoms with van der Waals surface area (Å²) < 4.78 is 34.2. The monoisotopic (exact) mass is 374 g/mol. The first-order valence-electron chi connectivity index (χ1n) is 8.90. The van der Waals surface area contributed by atoms with E-state index in [4.69, 9.17) is 4.74 Å². The number of morpholine rings is 1. The Morgan fingerprint density at radius 3 is 2.38 bits per heavy atom. The van der Waals surface area contributed by atoms with Crippen LogP contribution in [0.1, 0.15) is 22.7 Å². The van der Waals surface area contributed by atoms with Gasteiger partial charge in [0.2, 0.25) is 10.0 Å². The van der Waals surface area contributed by atoms with Crippen molar-refractivity contribution in [2.24, 2.45) is 0 Å². The number of aryl methyl sites for hydroxylation is 2. The van der Waals surface area contributed by atoms with Crippen molar-refractivity contribution in [2.75, 3.05) is 32.8 Å². The molecular weight excluding hydrogens is 348 g/mol. The van der Waals surface area contributed by atoms with E-state index in [0.717, 1.165) is 29.8 Å². The maximum atomic E-state index is 13.0. The molecule has 0 amide bonds. The lowest BCUT2D eigenvalue weighted by atomic mass is 10.1. The van der Waals surface area contributed by atoms with Gasteiger partial charge in [-0.15, -0.1) is 0 Å². The second-order valence-electron chi connectivity index (χ2n) is 6.74. The van der Waals surface area contributed by atoms with Gasteiger partial charge in [-0.1, -0.05) is 36.4 Å². The van der Waals surface area contributed by atoms with E-state index >= 15 is 0 Å². The van der Waals surface area contributed by atoms with Gasteiger partial charge < -0.3 is 4.74 Å². The molecular formula is C20H26N2O3S. The standard InChI is InChI=1S/C20H26N2O3S/c1-16-8-9-19(14-17(16)2)26(23,24)21-20(18-6-4-3-5-7-18)15-22-10-12-25-13-11-22/h3-9,14,20-21H,10-13,15H2,1-2H3/t20-/m1/s1. The average molecular weight is 375 g/mol. The summed E-state index contributed by atoms with van der Waals surface area (Å²) in [4.78, 5) is 2.55. The van der Waals surface area contributed by atoms with Crippen molar-refractivity contribution in [1.29, 1.82) is 0 Å². The summed E-state index contributed by atoms with van der Waals surface area (Å²) in [5, 5.41) is 0. The van der Waals surface area contributed by atoms with E-state index in [1.54, 1.807) is 12.1 Å². The molecule has 1 aliphatic rings. The zero-order chi connectivity index (χ0) is 18.6. The molecule has 0 unspecified atom stereocenters. The minimum absolute atomic E-state index is 0.305. The summed E-state index contributed by atoms with van der Waals surface area (Å²) in [7, 11) is -3.61. The fourth-order valence-electron chi connectivity index (χ4n) is 3.07. The second-order valence-corrected chi connectivity index (χ2v) is 8.46. The molecule has 1 atom stereocenters. The Kier molecular flexibility index (Phi) is 6.09. The third kappa shape index (κ3) is 4.71. The number of nitrogens with one attached hydrogen (secondary N) is 1. The molecule has 2 aromatic carbocycles. The highest BCUT2D eigenvalue weighted by atomic mass is 32.2. The molecule has 0 spiro atoms. The number of ether oxygens (including phenoxy) is 1. The maximum Gasteiger partial charge on any atom is 0.241 e. The Balaban J connectivity index is 1.85. The zero-order valence-electron chi connectivity index (χ0n) is 15.3. The van der Waals surface area contributed by atoms with E-state index in [0.29, 0.717) is 24.7 Å². The van der Waals surface area contributed by atoms with E-state index in [1.165, 1.54) is 0 Å². The molecule has 1 fully saturated rings. The topological polar surface area (TPSA) is 58.6 Å². The molecule has 1 heterocycles. The van der Waals surface area contributed by atoms with Crippen molar-refractivity contribution in [2.45, 2.75) is 24.8 Å². The van der Waals surface area contributed by atoms with Crippen molar-refractivity contribution in [3.05, 3.63) is 65.2 Å². The molecule has 1 aliphatic heterocycles. The number of hydrogen-bond acceptors (Lipinski definition) is 4. The minimum atomic E-state index is -3.61. The second kappa shape index (κ2) is 8.31. The molecule has 0 radical (unpaired) electrons. The fourth-order valence-corrected chi connectivity index (χ4v) is 4.37. The van der Waals surface area contributed by atoms with Crippen LogP contribution in [0.15, 0.2) is 53.4 Å². The molecule has 1 saturated heterocycles. The number of hydrogen-bond donors (Lipinski definition) is 1. The summed E-state index contributed by atoms with van der Waals surface area (Å²) in [5.74, 6) is 0. The molecule has 140 valence electrons. The van der Waals surface area contributed by atoms with Crippen LogP contribution in [-0.2, 0) is 14.8 Å². The Bertz CT molecular complexity index is 831. The lowest BCUT2D eigenvalue weighted by molar-refractivity contribution is 0.0345. The van der Waals surface area contributed by atoms with E-state index in [1.807, 2.05) is 50.2 Å². The molecule has 5 nitrogen and oxygen atoms in total. The van der Waals surface area contributed by atoms with Crippen LogP contribution < -0.4 is 4.72 Å². The summed E-state index contributed by atoms with van der Waals surface area (Å²) in [5.41, 5.74) is 3.01. The fraction of sp³-hybridized carbons (Fsp3) is 0.400. The summed E-state index contributed by atoms with van der Waals surface area (Å²) in [6.07, 6.45) is 0. The van der Waals surface area contributed by atoms with E-state index in [2.05, 4.69) is 9.62 Å². The zero-order valence-corrected chi connectivity index (χ0v) is 16.1. The third-order valence-electron chi connectivity index (χ3n) is 4.83. The highest BCUT2D eigenvalue weighted by Gasteiger charge is 2.24. The van der Waals surface area contributed by atoms with Gasteiger partial charge in [-0.2, -0.15) is 0 Å². The predicted octanol–water partition coefficient (Wildman–Crippen LogP) is 2.66. The lowest BCUT2D eigenvalue weighted by Gasteiger charge is -2.31. The third-order valence-corrected chi connectivity index (χ3v) is 6.30. The molecule has 0 saturated carbocycles. The van der Waals surface area contributed by atoms with Crippen LogP contribution in [0.2, 0.25) is 0 Å². The predicted molar refractivity (Wildman–Crippen MR) is 103 cm³/mol. The van der Waals surface area contributed by atoms with Gasteiger partial charge in [-0.05, 0) is 42.7 Å². The number of rotatable bonds is 6. The smallest absolute Gasteiger partial charge is 0.241 e. The van der Waals surface area contributed by atoms with E-state index < -0.39 is 10.0 Å². The van der Waals surface area contributed by atoms with Crippen LogP contribution in [-0.4, -0.2) is 46.2 Å². The molecule has 6 heteroatoms. The van der Waals surface area contributed by atoms with Gasteiger partial charge in [0.25, 0.3) is 0 Å². The van der Waals surface area contributed by atoms with Crippen molar-refractivity contribution < 1.29 is 13.2 Å². The summed E-state index contributed by atoms with van der Waals surface area (Å²) in [6, 6.07) is 14.7. The van der Waals surface area contributed by atoms with Gasteiger partial charge in [0.15, 0.2) is 0 Å². The molecule has 26 heavy (non-hydrogen) atoms. The first-order valence-corrected chi connectivity index (χ1v) is 10.4. The SMILES string of the molecule is Cc1ccc(S(=O)(=O)N[C@H](CN2CCOCC2)c2ccccc2)cc1C. The molecule has 2 aromatic rings. The molecule has 3 rings (SSSR count). The highest BCUT2D eigenvalue weighted by molar-refractivity contribution is 7.89. The summed E-state index contributed by atoms with van der Waals surface area (Å²) in [6.45, 7) is 7.53. The molecule has 0 aliphatic carbocycles. The van der Waals surface area contributed by atoms with Gasteiger partial charge in [-0.25, -0.2) is 13.1 Å². The lowest BCUT2D eigenvalue weighted by Crippen LogP contribution is -2.43. The quantitative estimate of drug-likeness (QED) is 0.845. The van der Waals surface area contributed by atoms with Crippen LogP contribution in [0, 0.1) is 13.8 Å². The Morgan fingerprint density at radius 1 is 1.04 bits per heavy atom. The van der Waals surface area contributed by atoms with Gasteiger partial charge in [-0.3, -0.25) is 4.90 Å². The number of sulfonamides is 1. The normalized spacial score (nSPS) is 17.2. The first-order chi connectivity index (χ1) is 12.5. The molecule has 0 aromatic heterocycles. The molecule has 0 bridgehead atoms. The van der Waals surface area contributed by atoms with Crippen LogP contribution in [0.5, 0.6) is 0 Å². The van der Waals surface area contributed by atoms with Crippen LogP contribution in [0.4, 0.5) is 0 Å². The largest absolute Gasteiger partial charge is 0.379 e. The van der Waals surface area contributed by atoms with Gasteiger partial charge >= 0.3 is 0 Å². The van der Waals surface area contributed by atoms with Gasteiger partial charge in [0.1, 0.15) is 0 Å². The van der Waals surface area contributed by atoms with Crippen LogP contribution in [0.3, 0.4) is 0 Å². The average Bonchev–Trinajstić information content (AvgIpc) is 2.65.